The van der Waals surface area contributed by atoms with Crippen LogP contribution in [0.25, 0.3) is 22.2 Å². The van der Waals surface area contributed by atoms with Gasteiger partial charge in [0.1, 0.15) is 6.33 Å². The highest BCUT2D eigenvalue weighted by atomic mass is 32.1. The second kappa shape index (κ2) is 6.57. The van der Waals surface area contributed by atoms with E-state index in [2.05, 4.69) is 18.8 Å². The van der Waals surface area contributed by atoms with Crippen molar-refractivity contribution in [2.24, 2.45) is 0 Å². The maximum absolute atomic E-state index is 11.3. The van der Waals surface area contributed by atoms with Crippen LogP contribution in [0.1, 0.15) is 43.7 Å². The number of hydrogen-bond acceptors (Lipinski definition) is 4. The van der Waals surface area contributed by atoms with Crippen LogP contribution in [0.4, 0.5) is 0 Å². The Bertz CT molecular complexity index is 921. The first kappa shape index (κ1) is 16.4. The first-order valence-electron chi connectivity index (χ1n) is 7.88. The van der Waals surface area contributed by atoms with Gasteiger partial charge in [-0.05, 0) is 30.5 Å². The molecule has 6 heteroatoms. The molecular formula is C18H19N3O2S. The van der Waals surface area contributed by atoms with Crippen LogP contribution >= 0.6 is 11.3 Å². The summed E-state index contributed by atoms with van der Waals surface area (Å²) in [6, 6.07) is 7.89. The van der Waals surface area contributed by atoms with E-state index in [1.807, 2.05) is 35.8 Å². The number of carboxylic acid groups (broad SMARTS) is 1. The van der Waals surface area contributed by atoms with E-state index in [4.69, 9.17) is 4.98 Å². The van der Waals surface area contributed by atoms with Gasteiger partial charge >= 0.3 is 5.97 Å². The molecule has 0 saturated carbocycles. The third kappa shape index (κ3) is 2.97. The second-order valence-corrected chi connectivity index (χ2v) is 6.84. The highest BCUT2D eigenvalue weighted by molar-refractivity contribution is 7.15. The van der Waals surface area contributed by atoms with Gasteiger partial charge in [0.05, 0.1) is 21.6 Å². The summed E-state index contributed by atoms with van der Waals surface area (Å²) in [7, 11) is 0. The lowest BCUT2D eigenvalue weighted by molar-refractivity contribution is -0.132. The summed E-state index contributed by atoms with van der Waals surface area (Å²) < 4.78 is 1.95. The monoisotopic (exact) mass is 341 g/mol. The summed E-state index contributed by atoms with van der Waals surface area (Å²) in [6.45, 7) is 5.98. The van der Waals surface area contributed by atoms with Crippen LogP contribution in [-0.4, -0.2) is 25.6 Å². The van der Waals surface area contributed by atoms with Crippen molar-refractivity contribution in [3.8, 4) is 5.13 Å². The highest BCUT2D eigenvalue weighted by Crippen LogP contribution is 2.31. The summed E-state index contributed by atoms with van der Waals surface area (Å²) in [6.07, 6.45) is 3.99. The molecule has 0 unspecified atom stereocenters. The molecule has 3 rings (SSSR count). The highest BCUT2D eigenvalue weighted by Gasteiger charge is 2.17. The lowest BCUT2D eigenvalue weighted by atomic mass is 10.1. The minimum Gasteiger partial charge on any atom is -0.478 e. The fraction of sp³-hybridized carbons (Fsp3) is 0.278. The Kier molecular flexibility index (Phi) is 4.49. The zero-order valence-corrected chi connectivity index (χ0v) is 14.7. The van der Waals surface area contributed by atoms with Crippen LogP contribution in [0.3, 0.4) is 0 Å². The van der Waals surface area contributed by atoms with E-state index in [0.29, 0.717) is 12.0 Å². The third-order valence-electron chi connectivity index (χ3n) is 3.84. The smallest absolute Gasteiger partial charge is 0.331 e. The van der Waals surface area contributed by atoms with Gasteiger partial charge in [-0.2, -0.15) is 0 Å². The molecule has 0 bridgehead atoms. The van der Waals surface area contributed by atoms with Crippen molar-refractivity contribution in [1.82, 2.24) is 14.5 Å². The number of nitrogens with zero attached hydrogens (tertiary/aromatic N) is 3. The quantitative estimate of drug-likeness (QED) is 0.695. The fourth-order valence-electron chi connectivity index (χ4n) is 2.54. The van der Waals surface area contributed by atoms with Crippen molar-refractivity contribution in [3.05, 3.63) is 46.7 Å². The minimum absolute atomic E-state index is 0.211. The summed E-state index contributed by atoms with van der Waals surface area (Å²) >= 11 is 1.49. The Labute approximate surface area is 144 Å². The molecule has 2 aromatic heterocycles. The minimum atomic E-state index is -0.879. The first-order chi connectivity index (χ1) is 11.5. The SMILES string of the molecule is CCC(=Cc1sc(-n2cnc3ccccc32)nc1C(C)C)C(=O)O. The number of para-hydroxylation sites is 2. The molecule has 2 heterocycles. The van der Waals surface area contributed by atoms with E-state index >= 15 is 0 Å². The Morgan fingerprint density at radius 2 is 2.12 bits per heavy atom. The van der Waals surface area contributed by atoms with E-state index in [-0.39, 0.29) is 5.92 Å². The van der Waals surface area contributed by atoms with Crippen LogP contribution in [0, 0.1) is 0 Å². The molecule has 0 radical (unpaired) electrons. The molecule has 0 atom stereocenters. The number of fused-ring (bicyclic) bond motifs is 1. The normalized spacial score (nSPS) is 12.2. The molecule has 0 amide bonds. The summed E-state index contributed by atoms with van der Waals surface area (Å²) in [5.74, 6) is -0.668. The second-order valence-electron chi connectivity index (χ2n) is 5.83. The third-order valence-corrected chi connectivity index (χ3v) is 4.85. The van der Waals surface area contributed by atoms with Crippen LogP contribution in [-0.2, 0) is 4.79 Å². The molecule has 0 saturated heterocycles. The maximum atomic E-state index is 11.3. The molecule has 5 nitrogen and oxygen atoms in total. The maximum Gasteiger partial charge on any atom is 0.331 e. The van der Waals surface area contributed by atoms with Gasteiger partial charge in [-0.3, -0.25) is 4.57 Å². The van der Waals surface area contributed by atoms with Gasteiger partial charge in [0.15, 0.2) is 5.13 Å². The van der Waals surface area contributed by atoms with Crippen LogP contribution in [0.2, 0.25) is 0 Å². The topological polar surface area (TPSA) is 68.0 Å². The van der Waals surface area contributed by atoms with Crippen LogP contribution in [0.15, 0.2) is 36.2 Å². The predicted octanol–water partition coefficient (Wildman–Crippen LogP) is 4.48. The molecule has 3 aromatic rings. The number of aliphatic carboxylic acids is 1. The molecule has 0 spiro atoms. The van der Waals surface area contributed by atoms with Gasteiger partial charge in [0.2, 0.25) is 0 Å². The molecule has 0 aliphatic carbocycles. The summed E-state index contributed by atoms with van der Waals surface area (Å²) in [5, 5.41) is 10.1. The number of rotatable bonds is 5. The molecule has 0 aliphatic heterocycles. The lowest BCUT2D eigenvalue weighted by Crippen LogP contribution is -1.99. The Morgan fingerprint density at radius 1 is 1.38 bits per heavy atom. The zero-order chi connectivity index (χ0) is 17.3. The van der Waals surface area contributed by atoms with Gasteiger partial charge in [0, 0.05) is 5.57 Å². The van der Waals surface area contributed by atoms with E-state index < -0.39 is 5.97 Å². The Balaban J connectivity index is 2.14. The number of carboxylic acids is 1. The summed E-state index contributed by atoms with van der Waals surface area (Å²) in [5.41, 5.74) is 3.21. The van der Waals surface area contributed by atoms with Crippen molar-refractivity contribution in [2.45, 2.75) is 33.1 Å². The molecular weight excluding hydrogens is 322 g/mol. The van der Waals surface area contributed by atoms with Crippen molar-refractivity contribution >= 4 is 34.4 Å². The van der Waals surface area contributed by atoms with E-state index in [9.17, 15) is 9.90 Å². The number of imidazole rings is 1. The molecule has 24 heavy (non-hydrogen) atoms. The van der Waals surface area contributed by atoms with E-state index in [1.54, 1.807) is 12.4 Å². The number of hydrogen-bond donors (Lipinski definition) is 1. The summed E-state index contributed by atoms with van der Waals surface area (Å²) in [4.78, 5) is 21.4. The van der Waals surface area contributed by atoms with Crippen molar-refractivity contribution in [3.63, 3.8) is 0 Å². The largest absolute Gasteiger partial charge is 0.478 e. The van der Waals surface area contributed by atoms with E-state index in [0.717, 1.165) is 26.7 Å². The molecule has 124 valence electrons. The van der Waals surface area contributed by atoms with Gasteiger partial charge < -0.3 is 5.11 Å². The zero-order valence-electron chi connectivity index (χ0n) is 13.9. The number of thiazole rings is 1. The van der Waals surface area contributed by atoms with Crippen molar-refractivity contribution < 1.29 is 9.90 Å². The fourth-order valence-corrected chi connectivity index (χ4v) is 3.71. The Morgan fingerprint density at radius 3 is 2.79 bits per heavy atom. The predicted molar refractivity (Wildman–Crippen MR) is 96.7 cm³/mol. The van der Waals surface area contributed by atoms with Crippen LogP contribution in [0.5, 0.6) is 0 Å². The Hall–Kier alpha value is -2.47. The van der Waals surface area contributed by atoms with Crippen molar-refractivity contribution in [2.75, 3.05) is 0 Å². The average Bonchev–Trinajstić information content (AvgIpc) is 3.16. The number of benzene rings is 1. The molecule has 0 aliphatic rings. The lowest BCUT2D eigenvalue weighted by Gasteiger charge is -2.02. The standard InChI is InChI=1S/C18H19N3O2S/c1-4-12(17(22)23)9-15-16(11(2)3)20-18(24-15)21-10-19-13-7-5-6-8-14(13)21/h5-11H,4H2,1-3H3,(H,22,23). The number of carbonyl (C=O) groups is 1. The van der Waals surface area contributed by atoms with Crippen LogP contribution < -0.4 is 0 Å². The van der Waals surface area contributed by atoms with Gasteiger partial charge in [-0.1, -0.05) is 44.2 Å². The first-order valence-corrected chi connectivity index (χ1v) is 8.70. The van der Waals surface area contributed by atoms with Crippen molar-refractivity contribution in [1.29, 1.82) is 0 Å². The van der Waals surface area contributed by atoms with E-state index in [1.165, 1.54) is 11.3 Å². The molecule has 1 N–H and O–H groups in total. The van der Waals surface area contributed by atoms with Gasteiger partial charge in [-0.25, -0.2) is 14.8 Å². The molecule has 1 aromatic carbocycles. The van der Waals surface area contributed by atoms with Gasteiger partial charge in [-0.15, -0.1) is 0 Å². The molecule has 0 fully saturated rings. The average molecular weight is 341 g/mol. The van der Waals surface area contributed by atoms with Gasteiger partial charge in [0.25, 0.3) is 0 Å². The number of aromatic nitrogens is 3.